The average molecular weight is 266 g/mol. The molecule has 0 amide bonds. The number of hydrogen-bond acceptors (Lipinski definition) is 6. The van der Waals surface area contributed by atoms with Gasteiger partial charge in [0.15, 0.2) is 0 Å². The monoisotopic (exact) mass is 266 g/mol. The maximum atomic E-state index is 12.4. The molecule has 1 rings (SSSR count). The molecule has 1 aromatic rings. The van der Waals surface area contributed by atoms with Crippen molar-refractivity contribution in [2.75, 3.05) is 14.2 Å². The van der Waals surface area contributed by atoms with Gasteiger partial charge in [-0.25, -0.2) is 4.98 Å². The SMILES string of the molecule is COc1cnc(C(CC(F)(F)F)NN)c(OC)n1. The molecule has 1 heterocycles. The van der Waals surface area contributed by atoms with Crippen LogP contribution < -0.4 is 20.7 Å². The Labute approximate surface area is 101 Å². The number of nitrogens with zero attached hydrogens (tertiary/aromatic N) is 2. The Balaban J connectivity index is 3.05. The summed E-state index contributed by atoms with van der Waals surface area (Å²) in [5, 5.41) is 0. The van der Waals surface area contributed by atoms with Crippen molar-refractivity contribution in [3.05, 3.63) is 11.9 Å². The number of nitrogens with two attached hydrogens (primary N) is 1. The second kappa shape index (κ2) is 5.83. The van der Waals surface area contributed by atoms with E-state index in [4.69, 9.17) is 15.3 Å². The number of ether oxygens (including phenoxy) is 2. The van der Waals surface area contributed by atoms with Gasteiger partial charge in [-0.05, 0) is 0 Å². The van der Waals surface area contributed by atoms with Crippen LogP contribution in [0.15, 0.2) is 6.20 Å². The second-order valence-corrected chi connectivity index (χ2v) is 3.35. The Bertz CT molecular complexity index is 400. The zero-order valence-corrected chi connectivity index (χ0v) is 9.78. The van der Waals surface area contributed by atoms with Gasteiger partial charge in [0.1, 0.15) is 5.69 Å². The van der Waals surface area contributed by atoms with Crippen molar-refractivity contribution in [2.24, 2.45) is 5.84 Å². The van der Waals surface area contributed by atoms with Crippen molar-refractivity contribution in [3.63, 3.8) is 0 Å². The first-order valence-electron chi connectivity index (χ1n) is 4.89. The summed E-state index contributed by atoms with van der Waals surface area (Å²) in [6.07, 6.45) is -4.37. The number of hydrazine groups is 1. The quantitative estimate of drug-likeness (QED) is 0.610. The number of methoxy groups -OCH3 is 2. The summed E-state index contributed by atoms with van der Waals surface area (Å²) in [7, 11) is 2.63. The van der Waals surface area contributed by atoms with E-state index in [-0.39, 0.29) is 17.5 Å². The van der Waals surface area contributed by atoms with E-state index in [1.165, 1.54) is 20.4 Å². The van der Waals surface area contributed by atoms with Crippen LogP contribution >= 0.6 is 0 Å². The molecule has 0 aliphatic carbocycles. The third-order valence-electron chi connectivity index (χ3n) is 2.11. The van der Waals surface area contributed by atoms with Crippen LogP contribution in [0, 0.1) is 0 Å². The van der Waals surface area contributed by atoms with Crippen LogP contribution in [0.25, 0.3) is 0 Å². The van der Waals surface area contributed by atoms with Gasteiger partial charge in [0.2, 0.25) is 11.8 Å². The first-order chi connectivity index (χ1) is 8.41. The molecule has 18 heavy (non-hydrogen) atoms. The number of halogens is 3. The standard InChI is InChI=1S/C9H13F3N4O2/c1-17-6-4-14-7(8(15-6)18-2)5(16-13)3-9(10,11)12/h4-5,16H,3,13H2,1-2H3. The minimum Gasteiger partial charge on any atom is -0.480 e. The molecular weight excluding hydrogens is 253 g/mol. The maximum Gasteiger partial charge on any atom is 0.391 e. The minimum absolute atomic E-state index is 0.0295. The maximum absolute atomic E-state index is 12.4. The molecule has 0 spiro atoms. The fourth-order valence-corrected chi connectivity index (χ4v) is 1.32. The van der Waals surface area contributed by atoms with Gasteiger partial charge in [0, 0.05) is 0 Å². The Morgan fingerprint density at radius 2 is 2.06 bits per heavy atom. The number of rotatable bonds is 5. The van der Waals surface area contributed by atoms with E-state index in [1.807, 2.05) is 5.43 Å². The van der Waals surface area contributed by atoms with E-state index in [0.717, 1.165) is 0 Å². The summed E-state index contributed by atoms with van der Waals surface area (Å²) in [6.45, 7) is 0. The summed E-state index contributed by atoms with van der Waals surface area (Å²) in [4.78, 5) is 7.66. The smallest absolute Gasteiger partial charge is 0.391 e. The molecule has 6 nitrogen and oxygen atoms in total. The van der Waals surface area contributed by atoms with E-state index in [9.17, 15) is 13.2 Å². The molecule has 0 aliphatic heterocycles. The van der Waals surface area contributed by atoms with Gasteiger partial charge >= 0.3 is 6.18 Å². The first kappa shape index (κ1) is 14.5. The minimum atomic E-state index is -4.39. The number of hydrogen-bond donors (Lipinski definition) is 2. The highest BCUT2D eigenvalue weighted by atomic mass is 19.4. The molecule has 9 heteroatoms. The highest BCUT2D eigenvalue weighted by Crippen LogP contribution is 2.32. The molecule has 0 bridgehead atoms. The molecule has 0 aliphatic rings. The lowest BCUT2D eigenvalue weighted by Crippen LogP contribution is -2.32. The lowest BCUT2D eigenvalue weighted by molar-refractivity contribution is -0.140. The van der Waals surface area contributed by atoms with Crippen LogP contribution in [0.4, 0.5) is 13.2 Å². The van der Waals surface area contributed by atoms with Crippen molar-refractivity contribution >= 4 is 0 Å². The normalized spacial score (nSPS) is 13.2. The molecule has 0 aromatic carbocycles. The first-order valence-corrected chi connectivity index (χ1v) is 4.89. The molecule has 0 saturated heterocycles. The Morgan fingerprint density at radius 3 is 2.50 bits per heavy atom. The second-order valence-electron chi connectivity index (χ2n) is 3.35. The summed E-state index contributed by atoms with van der Waals surface area (Å²) in [5.41, 5.74) is 2.01. The topological polar surface area (TPSA) is 82.3 Å². The van der Waals surface area contributed by atoms with Crippen molar-refractivity contribution in [3.8, 4) is 11.8 Å². The van der Waals surface area contributed by atoms with Crippen LogP contribution in [-0.4, -0.2) is 30.4 Å². The largest absolute Gasteiger partial charge is 0.480 e. The van der Waals surface area contributed by atoms with Gasteiger partial charge in [-0.15, -0.1) is 0 Å². The summed E-state index contributed by atoms with van der Waals surface area (Å²) >= 11 is 0. The van der Waals surface area contributed by atoms with Crippen LogP contribution in [0.2, 0.25) is 0 Å². The third-order valence-corrected chi connectivity index (χ3v) is 2.11. The van der Waals surface area contributed by atoms with E-state index in [2.05, 4.69) is 9.97 Å². The molecule has 0 radical (unpaired) electrons. The Hall–Kier alpha value is -1.61. The lowest BCUT2D eigenvalue weighted by Gasteiger charge is -2.18. The fraction of sp³-hybridized carbons (Fsp3) is 0.556. The highest BCUT2D eigenvalue weighted by molar-refractivity contribution is 5.25. The van der Waals surface area contributed by atoms with Gasteiger partial charge in [0.05, 0.1) is 32.9 Å². The molecule has 1 aromatic heterocycles. The molecule has 0 fully saturated rings. The molecule has 102 valence electrons. The molecular formula is C9H13F3N4O2. The molecule has 1 atom stereocenters. The van der Waals surface area contributed by atoms with E-state index in [1.54, 1.807) is 0 Å². The molecule has 3 N–H and O–H groups in total. The number of nitrogens with one attached hydrogen (secondary N) is 1. The van der Waals surface area contributed by atoms with E-state index in [0.29, 0.717) is 0 Å². The van der Waals surface area contributed by atoms with Crippen LogP contribution in [-0.2, 0) is 0 Å². The van der Waals surface area contributed by atoms with Crippen molar-refractivity contribution in [2.45, 2.75) is 18.6 Å². The van der Waals surface area contributed by atoms with Gasteiger partial charge in [-0.1, -0.05) is 0 Å². The highest BCUT2D eigenvalue weighted by Gasteiger charge is 2.34. The summed E-state index contributed by atoms with van der Waals surface area (Å²) < 4.78 is 46.7. The Morgan fingerprint density at radius 1 is 1.39 bits per heavy atom. The van der Waals surface area contributed by atoms with Gasteiger partial charge in [-0.3, -0.25) is 11.3 Å². The van der Waals surface area contributed by atoms with Gasteiger partial charge < -0.3 is 9.47 Å². The van der Waals surface area contributed by atoms with Gasteiger partial charge in [0.25, 0.3) is 0 Å². The van der Waals surface area contributed by atoms with Crippen LogP contribution in [0.1, 0.15) is 18.2 Å². The lowest BCUT2D eigenvalue weighted by atomic mass is 10.1. The predicted octanol–water partition coefficient (Wildman–Crippen LogP) is 0.951. The van der Waals surface area contributed by atoms with E-state index < -0.39 is 18.6 Å². The molecule has 1 unspecified atom stereocenters. The van der Waals surface area contributed by atoms with Crippen molar-refractivity contribution in [1.29, 1.82) is 0 Å². The zero-order chi connectivity index (χ0) is 13.8. The Kier molecular flexibility index (Phi) is 4.68. The fourth-order valence-electron chi connectivity index (χ4n) is 1.32. The number of alkyl halides is 3. The van der Waals surface area contributed by atoms with E-state index >= 15 is 0 Å². The molecule has 0 saturated carbocycles. The van der Waals surface area contributed by atoms with Gasteiger partial charge in [-0.2, -0.15) is 18.2 Å². The van der Waals surface area contributed by atoms with Crippen LogP contribution in [0.5, 0.6) is 11.8 Å². The third kappa shape index (κ3) is 3.70. The van der Waals surface area contributed by atoms with Crippen molar-refractivity contribution in [1.82, 2.24) is 15.4 Å². The summed E-state index contributed by atoms with van der Waals surface area (Å²) in [5.74, 6) is 5.17. The summed E-state index contributed by atoms with van der Waals surface area (Å²) in [6, 6.07) is -1.24. The van der Waals surface area contributed by atoms with Crippen LogP contribution in [0.3, 0.4) is 0 Å². The van der Waals surface area contributed by atoms with Crippen molar-refractivity contribution < 1.29 is 22.6 Å². The predicted molar refractivity (Wildman–Crippen MR) is 55.9 cm³/mol. The average Bonchev–Trinajstić information content (AvgIpc) is 2.34. The number of aromatic nitrogens is 2. The zero-order valence-electron chi connectivity index (χ0n) is 9.78.